The zero-order chi connectivity index (χ0) is 15.2. The van der Waals surface area contributed by atoms with E-state index in [1.165, 1.54) is 6.20 Å². The number of hydrogen-bond acceptors (Lipinski definition) is 4. The molecule has 4 nitrogen and oxygen atoms in total. The van der Waals surface area contributed by atoms with Gasteiger partial charge in [-0.1, -0.05) is 23.2 Å². The molecule has 0 spiro atoms. The van der Waals surface area contributed by atoms with E-state index in [-0.39, 0.29) is 19.9 Å². The lowest BCUT2D eigenvalue weighted by Gasteiger charge is -2.09. The van der Waals surface area contributed by atoms with Crippen molar-refractivity contribution in [2.75, 3.05) is 4.72 Å². The van der Waals surface area contributed by atoms with Crippen molar-refractivity contribution in [3.05, 3.63) is 39.2 Å². The summed E-state index contributed by atoms with van der Waals surface area (Å²) < 4.78 is 40.1. The van der Waals surface area contributed by atoms with Crippen LogP contribution in [0.1, 0.15) is 23.8 Å². The first-order valence-corrected chi connectivity index (χ1v) is 9.05. The summed E-state index contributed by atoms with van der Waals surface area (Å²) in [5.74, 6) is -0.265. The zero-order valence-corrected chi connectivity index (χ0v) is 13.6. The fourth-order valence-electron chi connectivity index (χ4n) is 1.74. The highest BCUT2D eigenvalue weighted by atomic mass is 35.5. The van der Waals surface area contributed by atoms with E-state index < -0.39 is 15.8 Å². The molecule has 0 bridgehead atoms. The van der Waals surface area contributed by atoms with Crippen LogP contribution in [-0.2, 0) is 10.0 Å². The van der Waals surface area contributed by atoms with Gasteiger partial charge in [-0.3, -0.25) is 4.72 Å². The fourth-order valence-corrected chi connectivity index (χ4v) is 4.83. The minimum atomic E-state index is -3.84. The first-order valence-electron chi connectivity index (χ1n) is 6.00. The zero-order valence-electron chi connectivity index (χ0n) is 10.4. The molecule has 0 radical (unpaired) electrons. The molecule has 9 heteroatoms. The third kappa shape index (κ3) is 3.15. The van der Waals surface area contributed by atoms with Gasteiger partial charge in [0.2, 0.25) is 0 Å². The number of halogens is 3. The first kappa shape index (κ1) is 15.0. The molecule has 0 amide bonds. The highest BCUT2D eigenvalue weighted by molar-refractivity contribution is 7.94. The van der Waals surface area contributed by atoms with E-state index in [4.69, 9.17) is 23.2 Å². The summed E-state index contributed by atoms with van der Waals surface area (Å²) in [6.45, 7) is 0. The standard InChI is InChI=1S/C12H9Cl2FN2O2S2/c13-8-3-7(15)4-9(14)11(8)17-21(18,19)10-5-16-12(20-10)6-1-2-6/h3-6,17H,1-2H2. The Hall–Kier alpha value is -0.890. The number of sulfonamides is 1. The minimum absolute atomic E-state index is 0.0406. The quantitative estimate of drug-likeness (QED) is 0.878. The predicted molar refractivity (Wildman–Crippen MR) is 81.3 cm³/mol. The van der Waals surface area contributed by atoms with Gasteiger partial charge in [-0.15, -0.1) is 11.3 Å². The van der Waals surface area contributed by atoms with Crippen LogP contribution in [0.15, 0.2) is 22.5 Å². The fraction of sp³-hybridized carbons (Fsp3) is 0.250. The predicted octanol–water partition coefficient (Wildman–Crippen LogP) is 4.27. The molecule has 1 fully saturated rings. The van der Waals surface area contributed by atoms with Crippen LogP contribution in [0.3, 0.4) is 0 Å². The Morgan fingerprint density at radius 2 is 1.90 bits per heavy atom. The topological polar surface area (TPSA) is 59.1 Å². The van der Waals surface area contributed by atoms with Crippen LogP contribution in [0, 0.1) is 5.82 Å². The molecule has 0 atom stereocenters. The Labute approximate surface area is 135 Å². The number of benzene rings is 1. The van der Waals surface area contributed by atoms with Crippen molar-refractivity contribution >= 4 is 50.2 Å². The van der Waals surface area contributed by atoms with Gasteiger partial charge in [0, 0.05) is 5.92 Å². The highest BCUT2D eigenvalue weighted by Crippen LogP contribution is 2.43. The number of hydrogen-bond donors (Lipinski definition) is 1. The molecule has 2 aromatic rings. The molecule has 1 aliphatic carbocycles. The van der Waals surface area contributed by atoms with Gasteiger partial charge >= 0.3 is 0 Å². The molecule has 3 rings (SSSR count). The van der Waals surface area contributed by atoms with Crippen LogP contribution >= 0.6 is 34.5 Å². The smallest absolute Gasteiger partial charge is 0.273 e. The molecule has 112 valence electrons. The summed E-state index contributed by atoms with van der Waals surface area (Å²) in [5.41, 5.74) is -0.0406. The first-order chi connectivity index (χ1) is 9.87. The molecular formula is C12H9Cl2FN2O2S2. The maximum Gasteiger partial charge on any atom is 0.273 e. The van der Waals surface area contributed by atoms with Crippen LogP contribution in [0.4, 0.5) is 10.1 Å². The Bertz CT molecular complexity index is 780. The summed E-state index contributed by atoms with van der Waals surface area (Å²) >= 11 is 12.8. The number of nitrogens with one attached hydrogen (secondary N) is 1. The maximum absolute atomic E-state index is 13.1. The van der Waals surface area contributed by atoms with Crippen LogP contribution in [0.5, 0.6) is 0 Å². The van der Waals surface area contributed by atoms with Gasteiger partial charge < -0.3 is 0 Å². The summed E-state index contributed by atoms with van der Waals surface area (Å²) in [6, 6.07) is 1.99. The number of nitrogens with zero attached hydrogens (tertiary/aromatic N) is 1. The van der Waals surface area contributed by atoms with Gasteiger partial charge in [-0.25, -0.2) is 17.8 Å². The molecular weight excluding hydrogens is 358 g/mol. The molecule has 1 heterocycles. The number of rotatable bonds is 4. The Morgan fingerprint density at radius 3 is 2.48 bits per heavy atom. The molecule has 1 aliphatic rings. The van der Waals surface area contributed by atoms with Crippen LogP contribution < -0.4 is 4.72 Å². The average molecular weight is 367 g/mol. The maximum atomic E-state index is 13.1. The number of anilines is 1. The summed E-state index contributed by atoms with van der Waals surface area (Å²) in [4.78, 5) is 4.12. The van der Waals surface area contributed by atoms with Crippen LogP contribution in [-0.4, -0.2) is 13.4 Å². The van der Waals surface area contributed by atoms with Gasteiger partial charge in [0.15, 0.2) is 4.21 Å². The lowest BCUT2D eigenvalue weighted by molar-refractivity contribution is 0.602. The van der Waals surface area contributed by atoms with Gasteiger partial charge in [0.05, 0.1) is 26.9 Å². The molecule has 0 saturated heterocycles. The Kier molecular flexibility index (Phi) is 3.85. The average Bonchev–Trinajstić information content (AvgIpc) is 3.11. The largest absolute Gasteiger partial charge is 0.276 e. The molecule has 21 heavy (non-hydrogen) atoms. The minimum Gasteiger partial charge on any atom is -0.276 e. The monoisotopic (exact) mass is 366 g/mol. The molecule has 1 aromatic heterocycles. The van der Waals surface area contributed by atoms with Crippen molar-refractivity contribution in [3.8, 4) is 0 Å². The molecule has 0 unspecified atom stereocenters. The van der Waals surface area contributed by atoms with Crippen molar-refractivity contribution < 1.29 is 12.8 Å². The number of thiazole rings is 1. The van der Waals surface area contributed by atoms with Crippen molar-refractivity contribution in [1.82, 2.24) is 4.98 Å². The van der Waals surface area contributed by atoms with Crippen molar-refractivity contribution in [2.24, 2.45) is 0 Å². The second-order valence-electron chi connectivity index (χ2n) is 4.64. The van der Waals surface area contributed by atoms with Gasteiger partial charge in [-0.05, 0) is 25.0 Å². The van der Waals surface area contributed by atoms with Gasteiger partial charge in [0.25, 0.3) is 10.0 Å². The van der Waals surface area contributed by atoms with E-state index >= 15 is 0 Å². The Balaban J connectivity index is 1.92. The van der Waals surface area contributed by atoms with E-state index in [1.54, 1.807) is 0 Å². The normalized spacial score (nSPS) is 15.2. The molecule has 0 aliphatic heterocycles. The third-order valence-corrected chi connectivity index (χ3v) is 6.50. The second-order valence-corrected chi connectivity index (χ2v) is 8.43. The lowest BCUT2D eigenvalue weighted by Crippen LogP contribution is -2.12. The SMILES string of the molecule is O=S(=O)(Nc1c(Cl)cc(F)cc1Cl)c1cnc(C2CC2)s1. The molecule has 1 N–H and O–H groups in total. The van der Waals surface area contributed by atoms with Crippen molar-refractivity contribution in [3.63, 3.8) is 0 Å². The van der Waals surface area contributed by atoms with E-state index in [0.29, 0.717) is 5.92 Å². The third-order valence-electron chi connectivity index (χ3n) is 2.94. The highest BCUT2D eigenvalue weighted by Gasteiger charge is 2.29. The van der Waals surface area contributed by atoms with Crippen LogP contribution in [0.25, 0.3) is 0 Å². The van der Waals surface area contributed by atoms with E-state index in [0.717, 1.165) is 41.3 Å². The summed E-state index contributed by atoms with van der Waals surface area (Å²) in [7, 11) is -3.84. The lowest BCUT2D eigenvalue weighted by atomic mass is 10.3. The summed E-state index contributed by atoms with van der Waals surface area (Å²) in [6.07, 6.45) is 3.39. The van der Waals surface area contributed by atoms with E-state index in [9.17, 15) is 12.8 Å². The summed E-state index contributed by atoms with van der Waals surface area (Å²) in [5, 5.41) is 0.609. The van der Waals surface area contributed by atoms with Crippen molar-refractivity contribution in [1.29, 1.82) is 0 Å². The van der Waals surface area contributed by atoms with E-state index in [2.05, 4.69) is 9.71 Å². The molecule has 1 aromatic carbocycles. The van der Waals surface area contributed by atoms with Gasteiger partial charge in [-0.2, -0.15) is 0 Å². The van der Waals surface area contributed by atoms with Crippen molar-refractivity contribution in [2.45, 2.75) is 23.0 Å². The number of aromatic nitrogens is 1. The van der Waals surface area contributed by atoms with Crippen LogP contribution in [0.2, 0.25) is 10.0 Å². The second kappa shape index (κ2) is 5.39. The molecule has 1 saturated carbocycles. The van der Waals surface area contributed by atoms with E-state index in [1.807, 2.05) is 0 Å². The Morgan fingerprint density at radius 1 is 1.29 bits per heavy atom. The van der Waals surface area contributed by atoms with Gasteiger partial charge in [0.1, 0.15) is 5.82 Å².